The number of hydrogen-bond donors (Lipinski definition) is 0. The van der Waals surface area contributed by atoms with E-state index in [0.29, 0.717) is 12.4 Å². The zero-order valence-corrected chi connectivity index (χ0v) is 14.7. The second-order valence-electron chi connectivity index (χ2n) is 5.47. The number of rotatable bonds is 5. The molecule has 0 unspecified atom stereocenters. The molecule has 0 aliphatic carbocycles. The highest BCUT2D eigenvalue weighted by Crippen LogP contribution is 2.29. The largest absolute Gasteiger partial charge is 0.496 e. The molecule has 0 bridgehead atoms. The first-order valence-electron chi connectivity index (χ1n) is 7.79. The van der Waals surface area contributed by atoms with Crippen molar-refractivity contribution in [1.29, 1.82) is 0 Å². The SMILES string of the molecule is COc1ccccc1-c1nnc2sc(COc3ccccc3C)nn12. The lowest BCUT2D eigenvalue weighted by molar-refractivity contribution is 0.302. The van der Waals surface area contributed by atoms with Crippen molar-refractivity contribution in [2.45, 2.75) is 13.5 Å². The molecule has 0 fully saturated rings. The van der Waals surface area contributed by atoms with Gasteiger partial charge in [0.1, 0.15) is 18.1 Å². The van der Waals surface area contributed by atoms with E-state index in [4.69, 9.17) is 9.47 Å². The van der Waals surface area contributed by atoms with E-state index in [0.717, 1.165) is 32.6 Å². The summed E-state index contributed by atoms with van der Waals surface area (Å²) in [7, 11) is 1.64. The summed E-state index contributed by atoms with van der Waals surface area (Å²) in [6.45, 7) is 2.41. The van der Waals surface area contributed by atoms with Crippen molar-refractivity contribution in [2.75, 3.05) is 7.11 Å². The minimum atomic E-state index is 0.393. The lowest BCUT2D eigenvalue weighted by atomic mass is 10.2. The van der Waals surface area contributed by atoms with Crippen LogP contribution in [-0.4, -0.2) is 26.9 Å². The van der Waals surface area contributed by atoms with Crippen LogP contribution in [0.2, 0.25) is 0 Å². The van der Waals surface area contributed by atoms with Crippen LogP contribution in [0.4, 0.5) is 0 Å². The highest BCUT2D eigenvalue weighted by Gasteiger charge is 2.16. The van der Waals surface area contributed by atoms with Crippen molar-refractivity contribution in [1.82, 2.24) is 19.8 Å². The van der Waals surface area contributed by atoms with Crippen LogP contribution in [0.1, 0.15) is 10.6 Å². The van der Waals surface area contributed by atoms with E-state index >= 15 is 0 Å². The van der Waals surface area contributed by atoms with E-state index in [9.17, 15) is 0 Å². The molecule has 7 heteroatoms. The summed E-state index contributed by atoms with van der Waals surface area (Å²) < 4.78 is 13.0. The fraction of sp³-hybridized carbons (Fsp3) is 0.167. The predicted molar refractivity (Wildman–Crippen MR) is 96.2 cm³/mol. The van der Waals surface area contributed by atoms with Gasteiger partial charge in [-0.05, 0) is 30.7 Å². The number of hydrogen-bond acceptors (Lipinski definition) is 6. The maximum Gasteiger partial charge on any atom is 0.235 e. The third-order valence-corrected chi connectivity index (χ3v) is 4.70. The summed E-state index contributed by atoms with van der Waals surface area (Å²) in [6, 6.07) is 15.6. The van der Waals surface area contributed by atoms with Crippen molar-refractivity contribution in [2.24, 2.45) is 0 Å². The Morgan fingerprint density at radius 2 is 1.76 bits per heavy atom. The van der Waals surface area contributed by atoms with Crippen LogP contribution in [0.3, 0.4) is 0 Å². The normalized spacial score (nSPS) is 11.0. The van der Waals surface area contributed by atoms with Gasteiger partial charge in [-0.25, -0.2) is 0 Å². The number of aromatic nitrogens is 4. The molecular weight excluding hydrogens is 336 g/mol. The summed E-state index contributed by atoms with van der Waals surface area (Å²) in [5, 5.41) is 13.9. The Labute approximate surface area is 148 Å². The Kier molecular flexibility index (Phi) is 4.07. The van der Waals surface area contributed by atoms with Gasteiger partial charge < -0.3 is 9.47 Å². The Balaban J connectivity index is 1.64. The molecule has 2 heterocycles. The fourth-order valence-corrected chi connectivity index (χ4v) is 3.32. The molecule has 4 rings (SSSR count). The van der Waals surface area contributed by atoms with Crippen LogP contribution >= 0.6 is 11.3 Å². The van der Waals surface area contributed by atoms with Gasteiger partial charge in [0.15, 0.2) is 10.8 Å². The lowest BCUT2D eigenvalue weighted by Crippen LogP contribution is -1.99. The molecule has 2 aromatic heterocycles. The molecule has 0 saturated carbocycles. The van der Waals surface area contributed by atoms with E-state index in [-0.39, 0.29) is 0 Å². The number of fused-ring (bicyclic) bond motifs is 1. The van der Waals surface area contributed by atoms with E-state index in [1.807, 2.05) is 55.5 Å². The number of nitrogens with zero attached hydrogens (tertiary/aromatic N) is 4. The van der Waals surface area contributed by atoms with E-state index < -0.39 is 0 Å². The number of benzene rings is 2. The molecule has 4 aromatic rings. The van der Waals surface area contributed by atoms with Crippen molar-refractivity contribution < 1.29 is 9.47 Å². The first-order valence-corrected chi connectivity index (χ1v) is 8.61. The van der Waals surface area contributed by atoms with E-state index in [1.54, 1.807) is 11.6 Å². The highest BCUT2D eigenvalue weighted by atomic mass is 32.1. The van der Waals surface area contributed by atoms with Crippen LogP contribution in [0.5, 0.6) is 11.5 Å². The average molecular weight is 352 g/mol. The standard InChI is InChI=1S/C18H16N4O2S/c1-12-7-3-5-9-14(12)24-11-16-21-22-17(19-20-18(22)25-16)13-8-4-6-10-15(13)23-2/h3-10H,11H2,1-2H3. The predicted octanol–water partition coefficient (Wildman–Crippen LogP) is 3.75. The number of aryl methyl sites for hydroxylation is 1. The van der Waals surface area contributed by atoms with Gasteiger partial charge in [-0.2, -0.15) is 9.61 Å². The Hall–Kier alpha value is -2.93. The molecule has 0 saturated heterocycles. The van der Waals surface area contributed by atoms with Gasteiger partial charge in [-0.15, -0.1) is 10.2 Å². The summed E-state index contributed by atoms with van der Waals surface area (Å²) >= 11 is 1.46. The first kappa shape index (κ1) is 15.6. The first-order chi connectivity index (χ1) is 12.3. The summed E-state index contributed by atoms with van der Waals surface area (Å²) in [5.41, 5.74) is 1.95. The highest BCUT2D eigenvalue weighted by molar-refractivity contribution is 7.16. The van der Waals surface area contributed by atoms with Crippen LogP contribution < -0.4 is 9.47 Å². The monoisotopic (exact) mass is 352 g/mol. The molecule has 0 atom stereocenters. The van der Waals surface area contributed by atoms with Gasteiger partial charge in [0.25, 0.3) is 0 Å². The molecule has 25 heavy (non-hydrogen) atoms. The van der Waals surface area contributed by atoms with E-state index in [2.05, 4.69) is 15.3 Å². The molecule has 0 aliphatic heterocycles. The maximum absolute atomic E-state index is 5.87. The third kappa shape index (κ3) is 2.94. The zero-order valence-electron chi connectivity index (χ0n) is 13.8. The van der Waals surface area contributed by atoms with Gasteiger partial charge in [-0.3, -0.25) is 0 Å². The van der Waals surface area contributed by atoms with Gasteiger partial charge in [0, 0.05) is 0 Å². The van der Waals surface area contributed by atoms with Crippen LogP contribution in [-0.2, 0) is 6.61 Å². The second-order valence-corrected chi connectivity index (χ2v) is 6.51. The summed E-state index contributed by atoms with van der Waals surface area (Å²) in [5.74, 6) is 2.26. The molecular formula is C18H16N4O2S. The molecule has 0 N–H and O–H groups in total. The van der Waals surface area contributed by atoms with Gasteiger partial charge in [-0.1, -0.05) is 41.7 Å². The van der Waals surface area contributed by atoms with Gasteiger partial charge in [0.05, 0.1) is 12.7 Å². The average Bonchev–Trinajstić information content (AvgIpc) is 3.21. The van der Waals surface area contributed by atoms with Crippen molar-refractivity contribution in [3.63, 3.8) is 0 Å². The molecule has 0 aliphatic rings. The fourth-order valence-electron chi connectivity index (χ4n) is 2.57. The van der Waals surface area contributed by atoms with Gasteiger partial charge in [0.2, 0.25) is 4.96 Å². The molecule has 2 aromatic carbocycles. The molecule has 0 spiro atoms. The Morgan fingerprint density at radius 3 is 2.56 bits per heavy atom. The topological polar surface area (TPSA) is 61.5 Å². The Morgan fingerprint density at radius 1 is 1.00 bits per heavy atom. The second kappa shape index (κ2) is 6.52. The molecule has 6 nitrogen and oxygen atoms in total. The number of methoxy groups -OCH3 is 1. The molecule has 0 amide bonds. The minimum Gasteiger partial charge on any atom is -0.496 e. The van der Waals surface area contributed by atoms with Crippen molar-refractivity contribution >= 4 is 16.3 Å². The smallest absolute Gasteiger partial charge is 0.235 e. The van der Waals surface area contributed by atoms with Crippen LogP contribution in [0, 0.1) is 6.92 Å². The van der Waals surface area contributed by atoms with E-state index in [1.165, 1.54) is 11.3 Å². The van der Waals surface area contributed by atoms with Crippen molar-refractivity contribution in [3.05, 3.63) is 59.1 Å². The zero-order chi connectivity index (χ0) is 17.2. The minimum absolute atomic E-state index is 0.393. The summed E-state index contributed by atoms with van der Waals surface area (Å²) in [6.07, 6.45) is 0. The maximum atomic E-state index is 5.87. The quantitative estimate of drug-likeness (QED) is 0.547. The van der Waals surface area contributed by atoms with Gasteiger partial charge >= 0.3 is 0 Å². The van der Waals surface area contributed by atoms with Crippen LogP contribution in [0.25, 0.3) is 16.3 Å². The molecule has 126 valence electrons. The Bertz CT molecular complexity index is 1020. The van der Waals surface area contributed by atoms with Crippen molar-refractivity contribution in [3.8, 4) is 22.9 Å². The molecule has 0 radical (unpaired) electrons. The third-order valence-electron chi connectivity index (χ3n) is 3.83. The lowest BCUT2D eigenvalue weighted by Gasteiger charge is -2.06. The van der Waals surface area contributed by atoms with Crippen LogP contribution in [0.15, 0.2) is 48.5 Å². The number of para-hydroxylation sites is 2. The number of ether oxygens (including phenoxy) is 2. The summed E-state index contributed by atoms with van der Waals surface area (Å²) in [4.78, 5) is 0.726.